The molecule has 1 aromatic carbocycles. The third kappa shape index (κ3) is 2.06. The van der Waals surface area contributed by atoms with Crippen LogP contribution >= 0.6 is 0 Å². The van der Waals surface area contributed by atoms with Gasteiger partial charge in [0.15, 0.2) is 0 Å². The highest BCUT2D eigenvalue weighted by atomic mass is 19.1. The summed E-state index contributed by atoms with van der Waals surface area (Å²) >= 11 is 0. The van der Waals surface area contributed by atoms with E-state index < -0.39 is 17.6 Å². The van der Waals surface area contributed by atoms with Crippen molar-refractivity contribution in [1.29, 1.82) is 0 Å². The fourth-order valence-corrected chi connectivity index (χ4v) is 1.27. The van der Waals surface area contributed by atoms with Gasteiger partial charge in [-0.1, -0.05) is 0 Å². The van der Waals surface area contributed by atoms with Crippen LogP contribution in [0.2, 0.25) is 0 Å². The molecule has 2 rings (SSSR count). The maximum absolute atomic E-state index is 13.3. The number of benzene rings is 1. The zero-order valence-corrected chi connectivity index (χ0v) is 7.76. The number of carbonyl (C=O) groups is 1. The first kappa shape index (κ1) is 9.89. The van der Waals surface area contributed by atoms with E-state index in [1.807, 2.05) is 0 Å². The third-order valence-corrected chi connectivity index (χ3v) is 2.21. The molecule has 0 amide bonds. The van der Waals surface area contributed by atoms with Crippen molar-refractivity contribution < 1.29 is 18.7 Å². The van der Waals surface area contributed by atoms with Crippen molar-refractivity contribution in [3.63, 3.8) is 0 Å². The monoisotopic (exact) mass is 213 g/mol. The average Bonchev–Trinajstić information content (AvgIpc) is 2.94. The topological polar surface area (TPSA) is 49.3 Å². The first-order valence-corrected chi connectivity index (χ1v) is 4.57. The van der Waals surface area contributed by atoms with Crippen LogP contribution in [0.1, 0.15) is 23.2 Å². The van der Waals surface area contributed by atoms with Crippen LogP contribution < -0.4 is 5.32 Å². The van der Waals surface area contributed by atoms with Gasteiger partial charge >= 0.3 is 5.97 Å². The molecule has 0 aromatic heterocycles. The molecule has 1 fully saturated rings. The maximum atomic E-state index is 13.3. The second kappa shape index (κ2) is 3.49. The van der Waals surface area contributed by atoms with Crippen molar-refractivity contribution in [1.82, 2.24) is 0 Å². The van der Waals surface area contributed by atoms with Gasteiger partial charge in [0.1, 0.15) is 17.3 Å². The minimum atomic E-state index is -1.34. The fraction of sp³-hybridized carbons (Fsp3) is 0.300. The number of hydrogen-bond acceptors (Lipinski definition) is 2. The molecule has 3 nitrogen and oxygen atoms in total. The molecule has 1 aliphatic carbocycles. The highest BCUT2D eigenvalue weighted by Gasteiger charge is 2.24. The molecule has 5 heteroatoms. The van der Waals surface area contributed by atoms with E-state index in [4.69, 9.17) is 5.11 Å². The SMILES string of the molecule is O=C(O)c1cc(F)c(NC2CC2)c(F)c1. The first-order valence-electron chi connectivity index (χ1n) is 4.57. The van der Waals surface area contributed by atoms with Crippen LogP contribution in [0.15, 0.2) is 12.1 Å². The normalized spacial score (nSPS) is 15.1. The van der Waals surface area contributed by atoms with Gasteiger partial charge in [-0.2, -0.15) is 0 Å². The molecule has 0 radical (unpaired) electrons. The van der Waals surface area contributed by atoms with Crippen molar-refractivity contribution in [2.24, 2.45) is 0 Å². The van der Waals surface area contributed by atoms with Crippen LogP contribution in [-0.4, -0.2) is 17.1 Å². The van der Waals surface area contributed by atoms with Gasteiger partial charge in [0, 0.05) is 6.04 Å². The van der Waals surface area contributed by atoms with Crippen LogP contribution in [0.3, 0.4) is 0 Å². The molecular formula is C10H9F2NO2. The zero-order chi connectivity index (χ0) is 11.0. The van der Waals surface area contributed by atoms with Crippen LogP contribution in [0.5, 0.6) is 0 Å². The second-order valence-corrected chi connectivity index (χ2v) is 3.54. The molecule has 0 spiro atoms. The summed E-state index contributed by atoms with van der Waals surface area (Å²) in [6, 6.07) is 1.75. The van der Waals surface area contributed by atoms with Crippen molar-refractivity contribution in [3.8, 4) is 0 Å². The predicted octanol–water partition coefficient (Wildman–Crippen LogP) is 2.24. The van der Waals surface area contributed by atoms with Gasteiger partial charge in [-0.3, -0.25) is 0 Å². The van der Waals surface area contributed by atoms with Crippen molar-refractivity contribution in [2.75, 3.05) is 5.32 Å². The molecule has 0 aliphatic heterocycles. The standard InChI is InChI=1S/C10H9F2NO2/c11-7-3-5(10(14)15)4-8(12)9(7)13-6-1-2-6/h3-4,6,13H,1-2H2,(H,14,15). The third-order valence-electron chi connectivity index (χ3n) is 2.21. The number of nitrogens with one attached hydrogen (secondary N) is 1. The number of aromatic carboxylic acids is 1. The van der Waals surface area contributed by atoms with Crippen molar-refractivity contribution in [2.45, 2.75) is 18.9 Å². The highest BCUT2D eigenvalue weighted by Crippen LogP contribution is 2.28. The molecule has 1 saturated carbocycles. The predicted molar refractivity (Wildman–Crippen MR) is 50.0 cm³/mol. The van der Waals surface area contributed by atoms with E-state index in [0.717, 1.165) is 25.0 Å². The van der Waals surface area contributed by atoms with Gasteiger partial charge in [-0.05, 0) is 25.0 Å². The quantitative estimate of drug-likeness (QED) is 0.809. The molecule has 0 heterocycles. The molecule has 1 aromatic rings. The van der Waals surface area contributed by atoms with E-state index in [9.17, 15) is 13.6 Å². The smallest absolute Gasteiger partial charge is 0.335 e. The van der Waals surface area contributed by atoms with E-state index in [1.165, 1.54) is 0 Å². The summed E-state index contributed by atoms with van der Waals surface area (Å²) in [4.78, 5) is 10.5. The number of halogens is 2. The summed E-state index contributed by atoms with van der Waals surface area (Å²) < 4.78 is 26.6. The summed E-state index contributed by atoms with van der Waals surface area (Å²) in [6.07, 6.45) is 1.78. The Morgan fingerprint density at radius 3 is 2.27 bits per heavy atom. The average molecular weight is 213 g/mol. The molecular weight excluding hydrogens is 204 g/mol. The minimum absolute atomic E-state index is 0.115. The Bertz CT molecular complexity index is 393. The van der Waals surface area contributed by atoms with Crippen LogP contribution in [0.25, 0.3) is 0 Å². The number of hydrogen-bond donors (Lipinski definition) is 2. The minimum Gasteiger partial charge on any atom is -0.478 e. The Kier molecular flexibility index (Phi) is 2.30. The maximum Gasteiger partial charge on any atom is 0.335 e. The Balaban J connectivity index is 2.34. The Hall–Kier alpha value is -1.65. The largest absolute Gasteiger partial charge is 0.478 e. The summed E-state index contributed by atoms with van der Waals surface area (Å²) in [5, 5.41) is 11.2. The number of carboxylic acid groups (broad SMARTS) is 1. The molecule has 0 unspecified atom stereocenters. The Morgan fingerprint density at radius 1 is 1.33 bits per heavy atom. The molecule has 2 N–H and O–H groups in total. The zero-order valence-electron chi connectivity index (χ0n) is 7.76. The van der Waals surface area contributed by atoms with E-state index in [2.05, 4.69) is 5.32 Å². The van der Waals surface area contributed by atoms with Gasteiger partial charge < -0.3 is 10.4 Å². The van der Waals surface area contributed by atoms with Gasteiger partial charge in [0.05, 0.1) is 5.56 Å². The Morgan fingerprint density at radius 2 is 1.87 bits per heavy atom. The van der Waals surface area contributed by atoms with Crippen molar-refractivity contribution in [3.05, 3.63) is 29.3 Å². The van der Waals surface area contributed by atoms with E-state index >= 15 is 0 Å². The second-order valence-electron chi connectivity index (χ2n) is 3.54. The van der Waals surface area contributed by atoms with Gasteiger partial charge in [0.25, 0.3) is 0 Å². The lowest BCUT2D eigenvalue weighted by molar-refractivity contribution is 0.0696. The summed E-state index contributed by atoms with van der Waals surface area (Å²) in [5.74, 6) is -3.07. The summed E-state index contributed by atoms with van der Waals surface area (Å²) in [7, 11) is 0. The summed E-state index contributed by atoms with van der Waals surface area (Å²) in [6.45, 7) is 0. The van der Waals surface area contributed by atoms with Gasteiger partial charge in [0.2, 0.25) is 0 Å². The van der Waals surface area contributed by atoms with Gasteiger partial charge in [-0.15, -0.1) is 0 Å². The molecule has 1 aliphatic rings. The number of anilines is 1. The van der Waals surface area contributed by atoms with Crippen molar-refractivity contribution >= 4 is 11.7 Å². The Labute approximate surface area is 84.7 Å². The highest BCUT2D eigenvalue weighted by molar-refractivity contribution is 5.88. The molecule has 15 heavy (non-hydrogen) atoms. The van der Waals surface area contributed by atoms with Crippen LogP contribution in [0.4, 0.5) is 14.5 Å². The van der Waals surface area contributed by atoms with E-state index in [-0.39, 0.29) is 17.3 Å². The molecule has 0 atom stereocenters. The van der Waals surface area contributed by atoms with Crippen LogP contribution in [-0.2, 0) is 0 Å². The fourth-order valence-electron chi connectivity index (χ4n) is 1.27. The van der Waals surface area contributed by atoms with E-state index in [1.54, 1.807) is 0 Å². The lowest BCUT2D eigenvalue weighted by Crippen LogP contribution is -2.08. The number of rotatable bonds is 3. The lowest BCUT2D eigenvalue weighted by Gasteiger charge is -2.08. The molecule has 80 valence electrons. The lowest BCUT2D eigenvalue weighted by atomic mass is 10.2. The van der Waals surface area contributed by atoms with E-state index in [0.29, 0.717) is 0 Å². The van der Waals surface area contributed by atoms with Crippen LogP contribution in [0, 0.1) is 11.6 Å². The number of carboxylic acids is 1. The first-order chi connectivity index (χ1) is 7.08. The summed E-state index contributed by atoms with van der Waals surface area (Å²) in [5.41, 5.74) is -0.617. The molecule has 0 bridgehead atoms. The molecule has 0 saturated heterocycles. The van der Waals surface area contributed by atoms with Gasteiger partial charge in [-0.25, -0.2) is 13.6 Å².